The van der Waals surface area contributed by atoms with Crippen molar-refractivity contribution in [3.05, 3.63) is 54.3 Å². The third-order valence-corrected chi connectivity index (χ3v) is 6.51. The Kier molecular flexibility index (Phi) is 3.72. The van der Waals surface area contributed by atoms with Crippen molar-refractivity contribution in [1.29, 1.82) is 0 Å². The van der Waals surface area contributed by atoms with Gasteiger partial charge >= 0.3 is 0 Å². The van der Waals surface area contributed by atoms with Crippen LogP contribution < -0.4 is 10.4 Å². The Balaban J connectivity index is 2.21. The Hall–Kier alpha value is -2.80. The van der Waals surface area contributed by atoms with Crippen LogP contribution in [0.4, 0.5) is 5.69 Å². The number of ether oxygens (including phenoxy) is 1. The van der Waals surface area contributed by atoms with Gasteiger partial charge in [0.05, 0.1) is 25.3 Å². The van der Waals surface area contributed by atoms with E-state index in [0.29, 0.717) is 0 Å². The fraction of sp³-hybridized carbons (Fsp3) is 0.429. The molecule has 7 nitrogen and oxygen atoms in total. The summed E-state index contributed by atoms with van der Waals surface area (Å²) in [5.41, 5.74) is 0.216. The second-order valence-corrected chi connectivity index (χ2v) is 7.95. The Labute approximate surface area is 164 Å². The van der Waals surface area contributed by atoms with Crippen LogP contribution in [0.2, 0.25) is 0 Å². The maximum atomic E-state index is 13.3. The molecule has 3 aliphatic rings. The minimum absolute atomic E-state index is 0.196. The summed E-state index contributed by atoms with van der Waals surface area (Å²) in [5.74, 6) is -1.70. The molecule has 1 fully saturated rings. The number of nitrogens with one attached hydrogen (secondary N) is 1. The lowest BCUT2D eigenvalue weighted by molar-refractivity contribution is -0.151. The van der Waals surface area contributed by atoms with Gasteiger partial charge in [0.1, 0.15) is 6.04 Å². The molecule has 0 bridgehead atoms. The summed E-state index contributed by atoms with van der Waals surface area (Å²) in [4.78, 5) is 33.6. The highest BCUT2D eigenvalue weighted by Crippen LogP contribution is 2.64. The lowest BCUT2D eigenvalue weighted by atomic mass is 9.57. The molecule has 3 aliphatic heterocycles. The van der Waals surface area contributed by atoms with Crippen LogP contribution in [0.5, 0.6) is 0 Å². The molecule has 1 aromatic carbocycles. The summed E-state index contributed by atoms with van der Waals surface area (Å²) in [6.07, 6.45) is 3.67. The van der Waals surface area contributed by atoms with Crippen molar-refractivity contribution in [3.63, 3.8) is 0 Å². The molecular formula is C21H25N3O4. The molecule has 28 heavy (non-hydrogen) atoms. The number of anilines is 1. The lowest BCUT2D eigenvalue weighted by Crippen LogP contribution is -2.77. The van der Waals surface area contributed by atoms with Gasteiger partial charge in [-0.2, -0.15) is 0 Å². The highest BCUT2D eigenvalue weighted by atomic mass is 16.7. The largest absolute Gasteiger partial charge is 0.491 e. The maximum absolute atomic E-state index is 13.3. The second-order valence-electron chi connectivity index (χ2n) is 7.95. The summed E-state index contributed by atoms with van der Waals surface area (Å²) in [5, 5.41) is 4.74. The van der Waals surface area contributed by atoms with Crippen molar-refractivity contribution in [1.82, 2.24) is 10.2 Å². The fourth-order valence-electron chi connectivity index (χ4n) is 5.08. The zero-order valence-electron chi connectivity index (χ0n) is 16.8. The number of benzene rings is 1. The molecule has 0 radical (unpaired) electrons. The van der Waals surface area contributed by atoms with Crippen molar-refractivity contribution < 1.29 is 19.2 Å². The van der Waals surface area contributed by atoms with Crippen LogP contribution in [0, 0.1) is 5.41 Å². The van der Waals surface area contributed by atoms with Crippen molar-refractivity contribution >= 4 is 17.5 Å². The molecule has 3 heterocycles. The molecule has 3 atom stereocenters. The summed E-state index contributed by atoms with van der Waals surface area (Å²) in [6.45, 7) is 9.84. The van der Waals surface area contributed by atoms with Crippen LogP contribution in [0.1, 0.15) is 26.3 Å². The highest BCUT2D eigenvalue weighted by Gasteiger charge is 2.77. The first kappa shape index (κ1) is 18.6. The van der Waals surface area contributed by atoms with Crippen LogP contribution >= 0.6 is 0 Å². The number of fused-ring (bicyclic) bond motifs is 2. The number of para-hydroxylation sites is 1. The first-order valence-corrected chi connectivity index (χ1v) is 9.23. The van der Waals surface area contributed by atoms with Crippen molar-refractivity contribution in [2.75, 3.05) is 19.3 Å². The number of hydroxylamine groups is 1. The van der Waals surface area contributed by atoms with Crippen LogP contribution in [0.15, 0.2) is 48.8 Å². The van der Waals surface area contributed by atoms with Gasteiger partial charge in [-0.3, -0.25) is 19.3 Å². The molecule has 1 spiro atoms. The minimum atomic E-state index is -1.28. The van der Waals surface area contributed by atoms with E-state index in [0.717, 1.165) is 11.3 Å². The van der Waals surface area contributed by atoms with Crippen LogP contribution in [0.3, 0.4) is 0 Å². The molecule has 0 aromatic heterocycles. The first-order chi connectivity index (χ1) is 13.2. The van der Waals surface area contributed by atoms with E-state index in [-0.39, 0.29) is 17.6 Å². The molecule has 0 saturated carbocycles. The Morgan fingerprint density at radius 1 is 1.25 bits per heavy atom. The van der Waals surface area contributed by atoms with Gasteiger partial charge in [0, 0.05) is 5.41 Å². The Morgan fingerprint density at radius 3 is 2.54 bits per heavy atom. The highest BCUT2D eigenvalue weighted by molar-refractivity contribution is 6.02. The Morgan fingerprint density at radius 2 is 1.93 bits per heavy atom. The van der Waals surface area contributed by atoms with E-state index in [2.05, 4.69) is 11.9 Å². The molecular weight excluding hydrogens is 358 g/mol. The average molecular weight is 383 g/mol. The molecule has 148 valence electrons. The van der Waals surface area contributed by atoms with Gasteiger partial charge in [0.2, 0.25) is 11.7 Å². The van der Waals surface area contributed by atoms with E-state index in [1.165, 1.54) is 14.2 Å². The van der Waals surface area contributed by atoms with E-state index < -0.39 is 22.7 Å². The molecule has 1 aromatic rings. The smallest absolute Gasteiger partial charge is 0.292 e. The fourth-order valence-corrected chi connectivity index (χ4v) is 5.08. The minimum Gasteiger partial charge on any atom is -0.491 e. The number of hydrogen-bond acceptors (Lipinski definition) is 5. The van der Waals surface area contributed by atoms with E-state index >= 15 is 0 Å². The summed E-state index contributed by atoms with van der Waals surface area (Å²) in [7, 11) is 3.01. The average Bonchev–Trinajstić information content (AvgIpc) is 3.09. The molecule has 2 amide bonds. The zero-order valence-corrected chi connectivity index (χ0v) is 16.8. The standard InChI is InChI=1S/C21H25N3O4/c1-7-19(3,4)20-12-16(27-5)18(26)23-13(2)17(25)22-21(20,23)24(28-6)15-11-9-8-10-14(15)20/h7-13H,1H2,2-6H3,(H,22,25). The van der Waals surface area contributed by atoms with E-state index in [9.17, 15) is 9.59 Å². The summed E-state index contributed by atoms with van der Waals surface area (Å²) >= 11 is 0. The van der Waals surface area contributed by atoms with Gasteiger partial charge < -0.3 is 10.1 Å². The molecule has 1 saturated heterocycles. The van der Waals surface area contributed by atoms with Gasteiger partial charge in [-0.05, 0) is 24.6 Å². The summed E-state index contributed by atoms with van der Waals surface area (Å²) < 4.78 is 5.49. The normalized spacial score (nSPS) is 31.0. The van der Waals surface area contributed by atoms with Crippen LogP contribution in [-0.2, 0) is 24.6 Å². The number of allylic oxidation sites excluding steroid dienone is 1. The topological polar surface area (TPSA) is 71.1 Å². The third kappa shape index (κ3) is 1.73. The van der Waals surface area contributed by atoms with Crippen LogP contribution in [0.25, 0.3) is 0 Å². The zero-order chi connectivity index (χ0) is 20.5. The molecule has 4 rings (SSSR count). The van der Waals surface area contributed by atoms with Gasteiger partial charge in [-0.25, -0.2) is 5.06 Å². The number of amides is 2. The van der Waals surface area contributed by atoms with Crippen molar-refractivity contribution in [3.8, 4) is 0 Å². The SMILES string of the molecule is C=CC(C)(C)C12C=C(OC)C(=O)N3C(C)C(=O)NC31N(OC)c1ccccc12. The van der Waals surface area contributed by atoms with Crippen molar-refractivity contribution in [2.24, 2.45) is 5.41 Å². The third-order valence-electron chi connectivity index (χ3n) is 6.51. The summed E-state index contributed by atoms with van der Waals surface area (Å²) in [6, 6.07) is 7.06. The number of methoxy groups -OCH3 is 1. The first-order valence-electron chi connectivity index (χ1n) is 9.23. The number of hydrogen-bond donors (Lipinski definition) is 1. The van der Waals surface area contributed by atoms with E-state index in [1.54, 1.807) is 16.9 Å². The monoisotopic (exact) mass is 383 g/mol. The van der Waals surface area contributed by atoms with Gasteiger partial charge in [0.25, 0.3) is 5.91 Å². The van der Waals surface area contributed by atoms with Crippen molar-refractivity contribution in [2.45, 2.75) is 38.0 Å². The number of carbonyl (C=O) groups is 2. The van der Waals surface area contributed by atoms with E-state index in [4.69, 9.17) is 9.57 Å². The predicted molar refractivity (Wildman–Crippen MR) is 104 cm³/mol. The van der Waals surface area contributed by atoms with Crippen LogP contribution in [-0.4, -0.2) is 42.8 Å². The molecule has 0 aliphatic carbocycles. The number of nitrogens with zero attached hydrogens (tertiary/aromatic N) is 2. The quantitative estimate of drug-likeness (QED) is 0.806. The Bertz CT molecular complexity index is 924. The molecule has 3 unspecified atom stereocenters. The molecule has 7 heteroatoms. The lowest BCUT2D eigenvalue weighted by Gasteiger charge is -2.57. The van der Waals surface area contributed by atoms with Gasteiger partial charge in [-0.1, -0.05) is 38.1 Å². The van der Waals surface area contributed by atoms with E-state index in [1.807, 2.05) is 50.3 Å². The van der Waals surface area contributed by atoms with Gasteiger partial charge in [0.15, 0.2) is 5.76 Å². The molecule has 1 N–H and O–H groups in total. The maximum Gasteiger partial charge on any atom is 0.292 e. The second kappa shape index (κ2) is 5.61. The number of carbonyl (C=O) groups excluding carboxylic acids is 2. The van der Waals surface area contributed by atoms with Gasteiger partial charge in [-0.15, -0.1) is 6.58 Å². The predicted octanol–water partition coefficient (Wildman–Crippen LogP) is 2.06. The number of rotatable bonds is 4.